The van der Waals surface area contributed by atoms with Crippen molar-refractivity contribution in [2.24, 2.45) is 0 Å². The second-order valence-corrected chi connectivity index (χ2v) is 7.65. The molecule has 0 bridgehead atoms. The van der Waals surface area contributed by atoms with Crippen molar-refractivity contribution >= 4 is 29.0 Å². The van der Waals surface area contributed by atoms with Gasteiger partial charge < -0.3 is 18.8 Å². The third-order valence-electron chi connectivity index (χ3n) is 3.95. The Morgan fingerprint density at radius 1 is 1.30 bits per heavy atom. The number of para-hydroxylation sites is 2. The van der Waals surface area contributed by atoms with Crippen molar-refractivity contribution in [2.45, 2.75) is 17.9 Å². The first kappa shape index (κ1) is 17.9. The number of rotatable bonds is 6. The summed E-state index contributed by atoms with van der Waals surface area (Å²) in [6, 6.07) is 9.44. The predicted octanol–water partition coefficient (Wildman–Crippen LogP) is 3.39. The van der Waals surface area contributed by atoms with Crippen molar-refractivity contribution in [3.05, 3.63) is 52.5 Å². The minimum absolute atomic E-state index is 0.00266. The number of carbonyl (C=O) groups excluding carboxylic acids is 1. The van der Waals surface area contributed by atoms with Crippen LogP contribution in [0.3, 0.4) is 0 Å². The monoisotopic (exact) mass is 403 g/mol. The highest BCUT2D eigenvalue weighted by Crippen LogP contribution is 2.35. The summed E-state index contributed by atoms with van der Waals surface area (Å²) in [6.45, 7) is 0.885. The minimum atomic E-state index is -0.460. The van der Waals surface area contributed by atoms with Crippen LogP contribution in [-0.4, -0.2) is 40.4 Å². The highest BCUT2D eigenvalue weighted by atomic mass is 32.2. The van der Waals surface area contributed by atoms with Crippen molar-refractivity contribution in [3.63, 3.8) is 0 Å². The second-order valence-electron chi connectivity index (χ2n) is 5.94. The standard InChI is InChI=1S/C18H17N3O4S2/c1-21(8-12-6-7-26-10-12)16(22)11-27-18-20-19-17(25-18)15-9-23-13-4-2-3-5-14(13)24-15/h2-7,10,15H,8-9,11H2,1H3. The van der Waals surface area contributed by atoms with Crippen molar-refractivity contribution in [3.8, 4) is 11.5 Å². The number of hydrogen-bond donors (Lipinski definition) is 0. The molecule has 0 spiro atoms. The molecule has 140 valence electrons. The second kappa shape index (κ2) is 8.01. The zero-order valence-electron chi connectivity index (χ0n) is 14.5. The Balaban J connectivity index is 1.31. The molecule has 3 heterocycles. The third kappa shape index (κ3) is 4.25. The molecule has 0 saturated carbocycles. The van der Waals surface area contributed by atoms with E-state index in [-0.39, 0.29) is 11.7 Å². The Hall–Kier alpha value is -2.52. The lowest BCUT2D eigenvalue weighted by Crippen LogP contribution is -2.27. The van der Waals surface area contributed by atoms with Gasteiger partial charge in [0.1, 0.15) is 6.61 Å². The van der Waals surface area contributed by atoms with Crippen LogP contribution in [0.2, 0.25) is 0 Å². The maximum absolute atomic E-state index is 12.3. The van der Waals surface area contributed by atoms with Gasteiger partial charge in [-0.15, -0.1) is 10.2 Å². The molecule has 1 aromatic carbocycles. The topological polar surface area (TPSA) is 77.7 Å². The highest BCUT2D eigenvalue weighted by molar-refractivity contribution is 7.99. The largest absolute Gasteiger partial charge is 0.485 e. The van der Waals surface area contributed by atoms with Gasteiger partial charge in [0.2, 0.25) is 12.0 Å². The minimum Gasteiger partial charge on any atom is -0.485 e. The predicted molar refractivity (Wildman–Crippen MR) is 101 cm³/mol. The summed E-state index contributed by atoms with van der Waals surface area (Å²) in [5.74, 6) is 1.91. The summed E-state index contributed by atoms with van der Waals surface area (Å²) in [7, 11) is 1.78. The number of aromatic nitrogens is 2. The van der Waals surface area contributed by atoms with E-state index >= 15 is 0 Å². The van der Waals surface area contributed by atoms with Gasteiger partial charge in [0.25, 0.3) is 11.1 Å². The molecule has 4 rings (SSSR count). The fraction of sp³-hybridized carbons (Fsp3) is 0.278. The van der Waals surface area contributed by atoms with Crippen LogP contribution in [0.5, 0.6) is 11.5 Å². The van der Waals surface area contributed by atoms with Crippen LogP contribution < -0.4 is 9.47 Å². The van der Waals surface area contributed by atoms with Gasteiger partial charge in [-0.1, -0.05) is 23.9 Å². The number of thioether (sulfide) groups is 1. The summed E-state index contributed by atoms with van der Waals surface area (Å²) in [6.07, 6.45) is -0.460. The van der Waals surface area contributed by atoms with Crippen LogP contribution in [0.1, 0.15) is 17.6 Å². The van der Waals surface area contributed by atoms with E-state index in [0.717, 1.165) is 5.56 Å². The fourth-order valence-electron chi connectivity index (χ4n) is 2.53. The average molecular weight is 403 g/mol. The highest BCUT2D eigenvalue weighted by Gasteiger charge is 2.27. The molecule has 0 radical (unpaired) electrons. The van der Waals surface area contributed by atoms with Gasteiger partial charge in [-0.25, -0.2) is 0 Å². The third-order valence-corrected chi connectivity index (χ3v) is 5.49. The number of benzene rings is 1. The molecule has 0 aliphatic carbocycles. The maximum atomic E-state index is 12.3. The van der Waals surface area contributed by atoms with Crippen LogP contribution in [-0.2, 0) is 11.3 Å². The van der Waals surface area contributed by atoms with Crippen LogP contribution in [0.4, 0.5) is 0 Å². The first-order valence-electron chi connectivity index (χ1n) is 8.29. The van der Waals surface area contributed by atoms with E-state index < -0.39 is 6.10 Å². The van der Waals surface area contributed by atoms with Gasteiger partial charge in [-0.05, 0) is 34.5 Å². The van der Waals surface area contributed by atoms with E-state index in [0.29, 0.717) is 35.8 Å². The lowest BCUT2D eigenvalue weighted by molar-refractivity contribution is -0.127. The molecule has 0 fully saturated rings. The van der Waals surface area contributed by atoms with Gasteiger partial charge in [-0.3, -0.25) is 4.79 Å². The van der Waals surface area contributed by atoms with E-state index in [1.807, 2.05) is 41.1 Å². The molecule has 1 unspecified atom stereocenters. The Bertz CT molecular complexity index is 913. The number of ether oxygens (including phenoxy) is 2. The molecule has 2 aromatic heterocycles. The van der Waals surface area contributed by atoms with Crippen LogP contribution in [0, 0.1) is 0 Å². The molecular weight excluding hydrogens is 386 g/mol. The van der Waals surface area contributed by atoms with Gasteiger partial charge in [0.15, 0.2) is 11.5 Å². The molecular formula is C18H17N3O4S2. The molecule has 7 nitrogen and oxygen atoms in total. The number of amides is 1. The van der Waals surface area contributed by atoms with E-state index in [4.69, 9.17) is 13.9 Å². The van der Waals surface area contributed by atoms with Crippen molar-refractivity contribution in [1.29, 1.82) is 0 Å². The van der Waals surface area contributed by atoms with E-state index in [2.05, 4.69) is 10.2 Å². The first-order chi connectivity index (χ1) is 13.2. The first-order valence-corrected chi connectivity index (χ1v) is 10.2. The number of hydrogen-bond acceptors (Lipinski definition) is 8. The van der Waals surface area contributed by atoms with Gasteiger partial charge in [-0.2, -0.15) is 11.3 Å². The van der Waals surface area contributed by atoms with Gasteiger partial charge >= 0.3 is 0 Å². The smallest absolute Gasteiger partial charge is 0.277 e. The van der Waals surface area contributed by atoms with Crippen molar-refractivity contribution < 1.29 is 18.7 Å². The summed E-state index contributed by atoms with van der Waals surface area (Å²) >= 11 is 2.83. The average Bonchev–Trinajstić information content (AvgIpc) is 3.37. The summed E-state index contributed by atoms with van der Waals surface area (Å²) in [5.41, 5.74) is 1.12. The van der Waals surface area contributed by atoms with Gasteiger partial charge in [0, 0.05) is 13.6 Å². The quantitative estimate of drug-likeness (QED) is 0.584. The fourth-order valence-corrected chi connectivity index (χ4v) is 3.90. The molecule has 0 saturated heterocycles. The Labute approximate surface area is 164 Å². The maximum Gasteiger partial charge on any atom is 0.277 e. The van der Waals surface area contributed by atoms with Crippen LogP contribution in [0.15, 0.2) is 50.7 Å². The number of thiophene rings is 1. The molecule has 27 heavy (non-hydrogen) atoms. The van der Waals surface area contributed by atoms with E-state index in [9.17, 15) is 4.79 Å². The molecule has 1 aliphatic heterocycles. The SMILES string of the molecule is CN(Cc1ccsc1)C(=O)CSc1nnc(C2COc3ccccc3O2)o1. The van der Waals surface area contributed by atoms with Crippen LogP contribution >= 0.6 is 23.1 Å². The summed E-state index contributed by atoms with van der Waals surface area (Å²) in [5, 5.41) is 12.4. The lowest BCUT2D eigenvalue weighted by Gasteiger charge is -2.23. The van der Waals surface area contributed by atoms with Crippen molar-refractivity contribution in [2.75, 3.05) is 19.4 Å². The van der Waals surface area contributed by atoms with Crippen molar-refractivity contribution in [1.82, 2.24) is 15.1 Å². The Morgan fingerprint density at radius 3 is 2.96 bits per heavy atom. The Kier molecular flexibility index (Phi) is 5.30. The molecule has 1 aliphatic rings. The lowest BCUT2D eigenvalue weighted by atomic mass is 10.2. The number of fused-ring (bicyclic) bond motifs is 1. The molecule has 9 heteroatoms. The molecule has 1 atom stereocenters. The van der Waals surface area contributed by atoms with Crippen LogP contribution in [0.25, 0.3) is 0 Å². The molecule has 0 N–H and O–H groups in total. The Morgan fingerprint density at radius 2 is 2.15 bits per heavy atom. The van der Waals surface area contributed by atoms with E-state index in [1.54, 1.807) is 23.3 Å². The zero-order chi connectivity index (χ0) is 18.6. The normalized spacial score (nSPS) is 15.5. The zero-order valence-corrected chi connectivity index (χ0v) is 16.2. The van der Waals surface area contributed by atoms with E-state index in [1.165, 1.54) is 11.8 Å². The molecule has 1 amide bonds. The van der Waals surface area contributed by atoms with Gasteiger partial charge in [0.05, 0.1) is 5.75 Å². The summed E-state index contributed by atoms with van der Waals surface area (Å²) < 4.78 is 17.1. The number of carbonyl (C=O) groups is 1. The molecule has 3 aromatic rings. The summed E-state index contributed by atoms with van der Waals surface area (Å²) in [4.78, 5) is 13.9. The number of nitrogens with zero attached hydrogens (tertiary/aromatic N) is 3.